The number of nitrogens with zero attached hydrogens (tertiary/aromatic N) is 4. The van der Waals surface area contributed by atoms with E-state index in [1.165, 1.54) is 155 Å². The first-order valence-corrected chi connectivity index (χ1v) is 38.3. The van der Waals surface area contributed by atoms with Crippen molar-refractivity contribution in [3.8, 4) is 78.1 Å². The molecular formula is C106H78N4. The number of benzene rings is 17. The molecule has 0 N–H and O–H groups in total. The Labute approximate surface area is 642 Å². The molecule has 2 heterocycles. The van der Waals surface area contributed by atoms with Gasteiger partial charge in [-0.15, -0.1) is 0 Å². The lowest BCUT2D eigenvalue weighted by Crippen LogP contribution is -2.16. The molecule has 110 heavy (non-hydrogen) atoms. The minimum atomic E-state index is -0.115. The highest BCUT2D eigenvalue weighted by atomic mass is 15.1. The van der Waals surface area contributed by atoms with Crippen LogP contribution < -0.4 is 9.80 Å². The molecule has 0 atom stereocenters. The highest BCUT2D eigenvalue weighted by Gasteiger charge is 2.38. The Morgan fingerprint density at radius 1 is 0.191 bits per heavy atom. The molecule has 2 aliphatic carbocycles. The fourth-order valence-corrected chi connectivity index (χ4v) is 17.8. The van der Waals surface area contributed by atoms with Crippen LogP contribution in [0.5, 0.6) is 0 Å². The van der Waals surface area contributed by atoms with Crippen molar-refractivity contribution >= 4 is 88.5 Å². The van der Waals surface area contributed by atoms with Crippen LogP contribution in [0, 0.1) is 0 Å². The van der Waals surface area contributed by atoms with Crippen LogP contribution in [0.15, 0.2) is 400 Å². The molecule has 17 aromatic carbocycles. The summed E-state index contributed by atoms with van der Waals surface area (Å²) in [5.41, 5.74) is 34.3. The topological polar surface area (TPSA) is 16.3 Å². The zero-order chi connectivity index (χ0) is 73.6. The monoisotopic (exact) mass is 1410 g/mol. The van der Waals surface area contributed by atoms with Crippen LogP contribution in [-0.4, -0.2) is 9.13 Å². The van der Waals surface area contributed by atoms with Crippen molar-refractivity contribution in [2.75, 3.05) is 9.80 Å². The SMILES string of the molecule is CC1(C)c2cc(N(c3ccccc3)c3ccc(-c4ccc(-c5ccc6c(c5)c5ccccc5n6-c5ccccc5)cc4)cc3)ccc2-c2cc3ccccc3cc21.CC1(C)c2ccccc2-c2ccc(N(c3ccc(-c4ccccc4)cc3)c3ccc(-c4ccc5c(c4)c4ccccc4n5-c4ccccc4)cc3)cc21. The first-order chi connectivity index (χ1) is 54.1. The van der Waals surface area contributed by atoms with Crippen molar-refractivity contribution in [1.29, 1.82) is 0 Å². The van der Waals surface area contributed by atoms with Gasteiger partial charge >= 0.3 is 0 Å². The Bertz CT molecular complexity index is 6710. The van der Waals surface area contributed by atoms with Gasteiger partial charge in [0.2, 0.25) is 0 Å². The molecular weight excluding hydrogens is 1330 g/mol. The van der Waals surface area contributed by atoms with Gasteiger partial charge in [-0.1, -0.05) is 282 Å². The lowest BCUT2D eigenvalue weighted by Gasteiger charge is -2.28. The van der Waals surface area contributed by atoms with Crippen molar-refractivity contribution in [2.45, 2.75) is 38.5 Å². The number of para-hydroxylation sites is 5. The Morgan fingerprint density at radius 3 is 0.982 bits per heavy atom. The third-order valence-electron chi connectivity index (χ3n) is 23.4. The number of fused-ring (bicyclic) bond motifs is 13. The van der Waals surface area contributed by atoms with E-state index < -0.39 is 0 Å². The normalized spacial score (nSPS) is 12.9. The van der Waals surface area contributed by atoms with Crippen molar-refractivity contribution in [2.24, 2.45) is 0 Å². The van der Waals surface area contributed by atoms with Gasteiger partial charge < -0.3 is 18.9 Å². The van der Waals surface area contributed by atoms with E-state index in [0.29, 0.717) is 0 Å². The van der Waals surface area contributed by atoms with E-state index in [1.54, 1.807) is 0 Å². The van der Waals surface area contributed by atoms with E-state index in [1.807, 2.05) is 0 Å². The summed E-state index contributed by atoms with van der Waals surface area (Å²) < 4.78 is 4.74. The van der Waals surface area contributed by atoms with Crippen LogP contribution in [0.25, 0.3) is 133 Å². The van der Waals surface area contributed by atoms with Crippen molar-refractivity contribution in [1.82, 2.24) is 9.13 Å². The fourth-order valence-electron chi connectivity index (χ4n) is 17.8. The first-order valence-electron chi connectivity index (χ1n) is 38.3. The van der Waals surface area contributed by atoms with Gasteiger partial charge in [0.05, 0.1) is 22.1 Å². The molecule has 4 heteroatoms. The number of aromatic nitrogens is 2. The number of rotatable bonds is 12. The summed E-state index contributed by atoms with van der Waals surface area (Å²) in [5, 5.41) is 7.63. The van der Waals surface area contributed by atoms with Crippen LogP contribution in [-0.2, 0) is 10.8 Å². The molecule has 0 bridgehead atoms. The van der Waals surface area contributed by atoms with E-state index in [2.05, 4.69) is 447 Å². The van der Waals surface area contributed by atoms with Gasteiger partial charge in [0.15, 0.2) is 0 Å². The molecule has 21 rings (SSSR count). The van der Waals surface area contributed by atoms with Gasteiger partial charge in [0, 0.05) is 77.9 Å². The molecule has 2 aliphatic rings. The zero-order valence-corrected chi connectivity index (χ0v) is 61.9. The largest absolute Gasteiger partial charge is 0.310 e. The second-order valence-electron chi connectivity index (χ2n) is 30.4. The first kappa shape index (κ1) is 65.7. The summed E-state index contributed by atoms with van der Waals surface area (Å²) in [5.74, 6) is 0. The molecule has 0 unspecified atom stereocenters. The van der Waals surface area contributed by atoms with Gasteiger partial charge in [-0.05, 0) is 245 Å². The fraction of sp³-hybridized carbons (Fsp3) is 0.0566. The second kappa shape index (κ2) is 26.6. The Balaban J connectivity index is 0.000000144. The maximum atomic E-state index is 2.41. The average molecular weight is 1410 g/mol. The maximum Gasteiger partial charge on any atom is 0.0541 e. The standard InChI is InChI=1S/C55H40N2.C51H38N2/c1-55(2)51-35-41-14-10-9-13-40(41)33-49(51)47-31-30-46(36-52(47)55)56(43-15-5-3-6-16-43)45-28-25-38(26-29-45)37-21-23-39(24-22-37)42-27-32-54-50(34-42)48-19-11-12-20-53(48)57(54)44-17-7-4-8-18-44;1-51(2)47-19-11-9-17-43(47)44-31-30-42(34-48(44)51)52(40-26-21-36(22-27-40)35-13-5-3-6-14-35)41-28-23-37(24-29-41)38-25-32-50-46(33-38)45-18-10-12-20-49(45)53(50)39-15-7-4-8-16-39/h3-36H,1-2H3;3-34H,1-2H3. The summed E-state index contributed by atoms with van der Waals surface area (Å²) in [6, 6.07) is 146. The lowest BCUT2D eigenvalue weighted by atomic mass is 9.81. The van der Waals surface area contributed by atoms with Crippen molar-refractivity contribution < 1.29 is 0 Å². The van der Waals surface area contributed by atoms with Crippen LogP contribution in [0.2, 0.25) is 0 Å². The van der Waals surface area contributed by atoms with Gasteiger partial charge in [0.1, 0.15) is 0 Å². The zero-order valence-electron chi connectivity index (χ0n) is 61.9. The van der Waals surface area contributed by atoms with Crippen LogP contribution in [0.3, 0.4) is 0 Å². The maximum absolute atomic E-state index is 2.41. The van der Waals surface area contributed by atoms with Gasteiger partial charge in [-0.2, -0.15) is 0 Å². The molecule has 19 aromatic rings. The van der Waals surface area contributed by atoms with Crippen molar-refractivity contribution in [3.63, 3.8) is 0 Å². The molecule has 0 amide bonds. The van der Waals surface area contributed by atoms with Gasteiger partial charge in [-0.25, -0.2) is 0 Å². The Kier molecular flexibility index (Phi) is 15.9. The third kappa shape index (κ3) is 11.2. The molecule has 0 aliphatic heterocycles. The van der Waals surface area contributed by atoms with Crippen molar-refractivity contribution in [3.05, 3.63) is 423 Å². The van der Waals surface area contributed by atoms with E-state index in [4.69, 9.17) is 0 Å². The molecule has 2 aromatic heterocycles. The summed E-state index contributed by atoms with van der Waals surface area (Å²) in [4.78, 5) is 4.78. The Morgan fingerprint density at radius 2 is 0.500 bits per heavy atom. The van der Waals surface area contributed by atoms with Crippen LogP contribution in [0.4, 0.5) is 34.1 Å². The average Bonchev–Trinajstić information content (AvgIpc) is 1.41. The molecule has 0 fully saturated rings. The predicted octanol–water partition coefficient (Wildman–Crippen LogP) is 28.9. The molecule has 0 radical (unpaired) electrons. The van der Waals surface area contributed by atoms with E-state index in [9.17, 15) is 0 Å². The number of hydrogen-bond acceptors (Lipinski definition) is 2. The second-order valence-corrected chi connectivity index (χ2v) is 30.4. The quantitative estimate of drug-likeness (QED) is 0.121. The molecule has 0 saturated carbocycles. The molecule has 522 valence electrons. The van der Waals surface area contributed by atoms with Crippen LogP contribution in [0.1, 0.15) is 49.9 Å². The summed E-state index contributed by atoms with van der Waals surface area (Å²) in [6.45, 7) is 9.44. The van der Waals surface area contributed by atoms with Gasteiger partial charge in [0.25, 0.3) is 0 Å². The lowest BCUT2D eigenvalue weighted by molar-refractivity contribution is 0.660. The third-order valence-corrected chi connectivity index (χ3v) is 23.4. The van der Waals surface area contributed by atoms with E-state index in [-0.39, 0.29) is 10.8 Å². The number of anilines is 6. The van der Waals surface area contributed by atoms with E-state index >= 15 is 0 Å². The smallest absolute Gasteiger partial charge is 0.0541 e. The highest BCUT2D eigenvalue weighted by Crippen LogP contribution is 2.54. The van der Waals surface area contributed by atoms with Crippen LogP contribution >= 0.6 is 0 Å². The molecule has 0 saturated heterocycles. The number of hydrogen-bond donors (Lipinski definition) is 0. The minimum absolute atomic E-state index is 0.0864. The van der Waals surface area contributed by atoms with Gasteiger partial charge in [-0.3, -0.25) is 0 Å². The molecule has 0 spiro atoms. The summed E-state index contributed by atoms with van der Waals surface area (Å²) in [7, 11) is 0. The Hall–Kier alpha value is -13.8. The van der Waals surface area contributed by atoms with E-state index in [0.717, 1.165) is 34.1 Å². The summed E-state index contributed by atoms with van der Waals surface area (Å²) >= 11 is 0. The molecule has 4 nitrogen and oxygen atoms in total. The predicted molar refractivity (Wildman–Crippen MR) is 465 cm³/mol. The summed E-state index contributed by atoms with van der Waals surface area (Å²) in [6.07, 6.45) is 0. The minimum Gasteiger partial charge on any atom is -0.310 e. The highest BCUT2D eigenvalue weighted by molar-refractivity contribution is 6.12.